The molecule has 9 heteroatoms. The van der Waals surface area contributed by atoms with E-state index in [4.69, 9.17) is 0 Å². The fourth-order valence-electron chi connectivity index (χ4n) is 0.978. The van der Waals surface area contributed by atoms with Crippen LogP contribution in [-0.2, 0) is 0 Å². The van der Waals surface area contributed by atoms with E-state index in [1.54, 1.807) is 0 Å². The smallest absolute Gasteiger partial charge is 0.169 e. The van der Waals surface area contributed by atoms with Crippen LogP contribution in [0.15, 0.2) is 24.8 Å². The van der Waals surface area contributed by atoms with Gasteiger partial charge in [0.05, 0.1) is 0 Å². The third-order valence-electron chi connectivity index (χ3n) is 1.82. The van der Waals surface area contributed by atoms with E-state index in [1.807, 2.05) is 0 Å². The molecule has 0 nitrogen and oxygen atoms in total. The van der Waals surface area contributed by atoms with Crippen LogP contribution in [0.25, 0.3) is 0 Å². The van der Waals surface area contributed by atoms with Crippen LogP contribution in [0.3, 0.4) is 0 Å². The molecule has 0 saturated heterocycles. The summed E-state index contributed by atoms with van der Waals surface area (Å²) in [5.74, 6) is 0. The van der Waals surface area contributed by atoms with Crippen LogP contribution in [-0.4, -0.2) is 18.5 Å². The van der Waals surface area contributed by atoms with Gasteiger partial charge in [-0.1, -0.05) is 24.8 Å². The van der Waals surface area contributed by atoms with Gasteiger partial charge in [0.25, 0.3) is 5.41 Å². The van der Waals surface area contributed by atoms with Crippen LogP contribution < -0.4 is 0 Å². The standard InChI is InChI=1S/C8H5F9/c1-2-3-4-5(6(9,10)11,7(12,13)14)8(15,16)17/h2-4H,1H2. The molecular formula is C8H5F9. The first-order chi connectivity index (χ1) is 7.31. The molecule has 0 heterocycles. The van der Waals surface area contributed by atoms with Crippen molar-refractivity contribution in [2.24, 2.45) is 5.41 Å². The van der Waals surface area contributed by atoms with Gasteiger partial charge in [-0.2, -0.15) is 39.5 Å². The lowest BCUT2D eigenvalue weighted by Gasteiger charge is -2.36. The van der Waals surface area contributed by atoms with Crippen molar-refractivity contribution < 1.29 is 39.5 Å². The summed E-state index contributed by atoms with van der Waals surface area (Å²) in [6, 6.07) is 0. The Morgan fingerprint density at radius 3 is 1.12 bits per heavy atom. The molecular weight excluding hydrogens is 267 g/mol. The minimum absolute atomic E-state index is 0.0472. The van der Waals surface area contributed by atoms with Crippen LogP contribution >= 0.6 is 0 Å². The van der Waals surface area contributed by atoms with E-state index in [0.29, 0.717) is 6.08 Å². The zero-order valence-corrected chi connectivity index (χ0v) is 7.84. The van der Waals surface area contributed by atoms with Gasteiger partial charge in [0.15, 0.2) is 0 Å². The Bertz CT molecular complexity index is 264. The number of halogens is 9. The minimum Gasteiger partial charge on any atom is -0.169 e. The average Bonchev–Trinajstić information content (AvgIpc) is 1.96. The molecule has 0 aromatic heterocycles. The van der Waals surface area contributed by atoms with Crippen molar-refractivity contribution in [2.75, 3.05) is 0 Å². The van der Waals surface area contributed by atoms with Crippen molar-refractivity contribution in [3.63, 3.8) is 0 Å². The lowest BCUT2D eigenvalue weighted by molar-refractivity contribution is -0.406. The minimum atomic E-state index is -6.55. The molecule has 0 aliphatic rings. The van der Waals surface area contributed by atoms with E-state index in [9.17, 15) is 39.5 Å². The second kappa shape index (κ2) is 4.26. The SMILES string of the molecule is C=CC=CC(C(F)(F)F)(C(F)(F)F)C(F)(F)F. The van der Waals surface area contributed by atoms with E-state index in [-0.39, 0.29) is 6.08 Å². The highest BCUT2D eigenvalue weighted by atomic mass is 19.4. The molecule has 0 aromatic carbocycles. The molecule has 0 atom stereocenters. The first-order valence-corrected chi connectivity index (χ1v) is 3.81. The van der Waals surface area contributed by atoms with E-state index in [1.165, 1.54) is 0 Å². The number of allylic oxidation sites excluding steroid dienone is 3. The largest absolute Gasteiger partial charge is 0.415 e. The molecule has 0 aliphatic heterocycles. The number of rotatable bonds is 2. The van der Waals surface area contributed by atoms with Gasteiger partial charge in [-0.15, -0.1) is 0 Å². The predicted molar refractivity (Wildman–Crippen MR) is 39.9 cm³/mol. The Hall–Kier alpha value is -1.15. The van der Waals surface area contributed by atoms with E-state index in [0.717, 1.165) is 0 Å². The molecule has 100 valence electrons. The van der Waals surface area contributed by atoms with E-state index in [2.05, 4.69) is 6.58 Å². The number of hydrogen-bond acceptors (Lipinski definition) is 0. The summed E-state index contributed by atoms with van der Waals surface area (Å²) in [5.41, 5.74) is -5.89. The normalized spacial score (nSPS) is 15.4. The zero-order chi connectivity index (χ0) is 14.1. The van der Waals surface area contributed by atoms with Gasteiger partial charge in [0.1, 0.15) is 0 Å². The van der Waals surface area contributed by atoms with Crippen LogP contribution in [0.2, 0.25) is 0 Å². The zero-order valence-electron chi connectivity index (χ0n) is 7.84. The van der Waals surface area contributed by atoms with Gasteiger partial charge in [-0.25, -0.2) is 0 Å². The van der Waals surface area contributed by atoms with Crippen molar-refractivity contribution >= 4 is 0 Å². The van der Waals surface area contributed by atoms with Crippen LogP contribution in [0.4, 0.5) is 39.5 Å². The molecule has 0 N–H and O–H groups in total. The first-order valence-electron chi connectivity index (χ1n) is 3.81. The second-order valence-corrected chi connectivity index (χ2v) is 2.90. The fraction of sp³-hybridized carbons (Fsp3) is 0.500. The Labute approximate surface area is 89.4 Å². The quantitative estimate of drug-likeness (QED) is 0.516. The van der Waals surface area contributed by atoms with Crippen molar-refractivity contribution in [1.82, 2.24) is 0 Å². The van der Waals surface area contributed by atoms with Crippen molar-refractivity contribution in [2.45, 2.75) is 18.5 Å². The van der Waals surface area contributed by atoms with Gasteiger partial charge in [0.2, 0.25) is 0 Å². The Balaban J connectivity index is 6.12. The lowest BCUT2D eigenvalue weighted by atomic mass is 9.85. The molecule has 0 rings (SSSR count). The maximum atomic E-state index is 12.2. The molecule has 0 aromatic rings. The van der Waals surface area contributed by atoms with Crippen LogP contribution in [0.5, 0.6) is 0 Å². The van der Waals surface area contributed by atoms with Gasteiger partial charge in [-0.05, 0) is 0 Å². The molecule has 0 saturated carbocycles. The molecule has 0 fully saturated rings. The monoisotopic (exact) mass is 272 g/mol. The Kier molecular flexibility index (Phi) is 3.97. The molecule has 0 radical (unpaired) electrons. The summed E-state index contributed by atoms with van der Waals surface area (Å²) in [6.45, 7) is 2.72. The first kappa shape index (κ1) is 15.9. The number of alkyl halides is 9. The average molecular weight is 272 g/mol. The summed E-state index contributed by atoms with van der Waals surface area (Å²) in [5, 5.41) is 0. The summed E-state index contributed by atoms with van der Waals surface area (Å²) in [7, 11) is 0. The lowest BCUT2D eigenvalue weighted by Crippen LogP contribution is -2.58. The molecule has 0 unspecified atom stereocenters. The van der Waals surface area contributed by atoms with E-state index < -0.39 is 30.0 Å². The maximum Gasteiger partial charge on any atom is 0.415 e. The topological polar surface area (TPSA) is 0 Å². The van der Waals surface area contributed by atoms with Crippen molar-refractivity contribution in [1.29, 1.82) is 0 Å². The molecule has 0 bridgehead atoms. The molecule has 17 heavy (non-hydrogen) atoms. The van der Waals surface area contributed by atoms with E-state index >= 15 is 0 Å². The second-order valence-electron chi connectivity index (χ2n) is 2.90. The predicted octanol–water partition coefficient (Wildman–Crippen LogP) is 4.40. The summed E-state index contributed by atoms with van der Waals surface area (Å²) < 4.78 is 109. The highest BCUT2D eigenvalue weighted by Gasteiger charge is 2.82. The maximum absolute atomic E-state index is 12.2. The molecule has 0 aliphatic carbocycles. The third kappa shape index (κ3) is 2.58. The summed E-state index contributed by atoms with van der Waals surface area (Å²) in [6.07, 6.45) is -20.3. The van der Waals surface area contributed by atoms with Crippen molar-refractivity contribution in [3.05, 3.63) is 24.8 Å². The van der Waals surface area contributed by atoms with Gasteiger partial charge in [-0.3, -0.25) is 0 Å². The Morgan fingerprint density at radius 2 is 0.941 bits per heavy atom. The summed E-state index contributed by atoms with van der Waals surface area (Å²) >= 11 is 0. The highest BCUT2D eigenvalue weighted by Crippen LogP contribution is 2.60. The highest BCUT2D eigenvalue weighted by molar-refractivity contribution is 5.16. The van der Waals surface area contributed by atoms with Crippen LogP contribution in [0, 0.1) is 5.41 Å². The molecule has 0 spiro atoms. The summed E-state index contributed by atoms with van der Waals surface area (Å²) in [4.78, 5) is 0. The Morgan fingerprint density at radius 1 is 0.647 bits per heavy atom. The van der Waals surface area contributed by atoms with Gasteiger partial charge in [0, 0.05) is 0 Å². The van der Waals surface area contributed by atoms with Gasteiger partial charge < -0.3 is 0 Å². The van der Waals surface area contributed by atoms with Crippen molar-refractivity contribution in [3.8, 4) is 0 Å². The van der Waals surface area contributed by atoms with Gasteiger partial charge >= 0.3 is 18.5 Å². The number of hydrogen-bond donors (Lipinski definition) is 0. The van der Waals surface area contributed by atoms with Crippen LogP contribution in [0.1, 0.15) is 0 Å². The fourth-order valence-corrected chi connectivity index (χ4v) is 0.978. The third-order valence-corrected chi connectivity index (χ3v) is 1.82. The molecule has 0 amide bonds.